The average Bonchev–Trinajstić information content (AvgIpc) is 3.44. The summed E-state index contributed by atoms with van der Waals surface area (Å²) in [4.78, 5) is 30.1. The molecule has 8 nitrogen and oxygen atoms in total. The number of aromatic nitrogens is 3. The highest BCUT2D eigenvalue weighted by Gasteiger charge is 2.21. The van der Waals surface area contributed by atoms with Gasteiger partial charge in [0.15, 0.2) is 6.61 Å². The Morgan fingerprint density at radius 2 is 1.93 bits per heavy atom. The number of carbonyl (C=O) groups is 2. The van der Waals surface area contributed by atoms with Gasteiger partial charge in [-0.25, -0.2) is 4.98 Å². The molecule has 0 bridgehead atoms. The maximum atomic E-state index is 12.5. The molecule has 1 aromatic heterocycles. The lowest BCUT2D eigenvalue weighted by molar-refractivity contribution is -0.124. The van der Waals surface area contributed by atoms with E-state index in [0.717, 1.165) is 24.2 Å². The van der Waals surface area contributed by atoms with Crippen LogP contribution in [0.2, 0.25) is 0 Å². The quantitative estimate of drug-likeness (QED) is 0.621. The van der Waals surface area contributed by atoms with Gasteiger partial charge in [0.05, 0.1) is 12.6 Å². The van der Waals surface area contributed by atoms with E-state index in [0.29, 0.717) is 18.7 Å². The van der Waals surface area contributed by atoms with Crippen LogP contribution in [0.1, 0.15) is 24.4 Å². The minimum absolute atomic E-state index is 0.108. The molecule has 0 spiro atoms. The minimum Gasteiger partial charge on any atom is -0.484 e. The molecule has 1 aliphatic rings. The minimum atomic E-state index is -0.257. The number of rotatable bonds is 8. The van der Waals surface area contributed by atoms with Crippen LogP contribution in [0.5, 0.6) is 5.75 Å². The monoisotopic (exact) mass is 405 g/mol. The lowest BCUT2D eigenvalue weighted by Crippen LogP contribution is -2.35. The Labute approximate surface area is 174 Å². The molecule has 1 fully saturated rings. The molecule has 2 amide bonds. The molecule has 3 aromatic rings. The van der Waals surface area contributed by atoms with E-state index in [4.69, 9.17) is 4.74 Å². The predicted molar refractivity (Wildman–Crippen MR) is 111 cm³/mol. The Balaban J connectivity index is 1.34. The largest absolute Gasteiger partial charge is 0.484 e. The van der Waals surface area contributed by atoms with E-state index in [2.05, 4.69) is 15.4 Å². The van der Waals surface area contributed by atoms with Gasteiger partial charge < -0.3 is 15.0 Å². The molecule has 154 valence electrons. The summed E-state index contributed by atoms with van der Waals surface area (Å²) in [6, 6.07) is 16.7. The third-order valence-corrected chi connectivity index (χ3v) is 4.97. The van der Waals surface area contributed by atoms with Crippen molar-refractivity contribution in [1.29, 1.82) is 0 Å². The number of nitrogens with one attached hydrogen (secondary N) is 1. The SMILES string of the molecule is O=C(COc1ccc(N2CCCC2=O)cc1)NC(Cn1cncn1)c1ccccc1. The molecule has 1 saturated heterocycles. The summed E-state index contributed by atoms with van der Waals surface area (Å²) in [6.45, 7) is 1.10. The zero-order chi connectivity index (χ0) is 20.8. The third kappa shape index (κ3) is 4.83. The molecule has 0 radical (unpaired) electrons. The molecule has 2 heterocycles. The highest BCUT2D eigenvalue weighted by atomic mass is 16.5. The van der Waals surface area contributed by atoms with Crippen LogP contribution in [-0.4, -0.2) is 39.7 Å². The predicted octanol–water partition coefficient (Wildman–Crippen LogP) is 2.34. The van der Waals surface area contributed by atoms with Crippen LogP contribution in [0.15, 0.2) is 67.3 Å². The fourth-order valence-corrected chi connectivity index (χ4v) is 3.46. The highest BCUT2D eigenvalue weighted by molar-refractivity contribution is 5.95. The van der Waals surface area contributed by atoms with Gasteiger partial charge >= 0.3 is 0 Å². The lowest BCUT2D eigenvalue weighted by Gasteiger charge is -2.19. The van der Waals surface area contributed by atoms with Crippen molar-refractivity contribution in [2.75, 3.05) is 18.1 Å². The van der Waals surface area contributed by atoms with E-state index < -0.39 is 0 Å². The first-order valence-electron chi connectivity index (χ1n) is 9.89. The molecule has 1 atom stereocenters. The smallest absolute Gasteiger partial charge is 0.258 e. The first kappa shape index (κ1) is 19.6. The van der Waals surface area contributed by atoms with Crippen molar-refractivity contribution in [2.45, 2.75) is 25.4 Å². The summed E-state index contributed by atoms with van der Waals surface area (Å²) in [6.07, 6.45) is 4.56. The van der Waals surface area contributed by atoms with Gasteiger partial charge in [-0.05, 0) is 36.2 Å². The van der Waals surface area contributed by atoms with Gasteiger partial charge in [-0.15, -0.1) is 0 Å². The first-order chi connectivity index (χ1) is 14.7. The van der Waals surface area contributed by atoms with Gasteiger partial charge in [0.25, 0.3) is 5.91 Å². The average molecular weight is 405 g/mol. The van der Waals surface area contributed by atoms with Crippen LogP contribution >= 0.6 is 0 Å². The van der Waals surface area contributed by atoms with E-state index in [-0.39, 0.29) is 24.5 Å². The molecule has 1 aliphatic heterocycles. The van der Waals surface area contributed by atoms with Gasteiger partial charge in [0, 0.05) is 18.7 Å². The van der Waals surface area contributed by atoms with Crippen LogP contribution in [0.3, 0.4) is 0 Å². The Morgan fingerprint density at radius 3 is 2.60 bits per heavy atom. The van der Waals surface area contributed by atoms with Crippen LogP contribution in [0.4, 0.5) is 5.69 Å². The van der Waals surface area contributed by atoms with E-state index in [1.807, 2.05) is 42.5 Å². The van der Waals surface area contributed by atoms with Crippen molar-refractivity contribution in [1.82, 2.24) is 20.1 Å². The molecule has 30 heavy (non-hydrogen) atoms. The molecular weight excluding hydrogens is 382 g/mol. The fourth-order valence-electron chi connectivity index (χ4n) is 3.46. The van der Waals surface area contributed by atoms with Crippen molar-refractivity contribution < 1.29 is 14.3 Å². The maximum Gasteiger partial charge on any atom is 0.258 e. The van der Waals surface area contributed by atoms with E-state index in [9.17, 15) is 9.59 Å². The van der Waals surface area contributed by atoms with Gasteiger partial charge in [0.2, 0.25) is 5.91 Å². The van der Waals surface area contributed by atoms with E-state index >= 15 is 0 Å². The molecule has 0 saturated carbocycles. The van der Waals surface area contributed by atoms with Gasteiger partial charge in [-0.3, -0.25) is 14.3 Å². The maximum absolute atomic E-state index is 12.5. The second-order valence-electron chi connectivity index (χ2n) is 7.08. The van der Waals surface area contributed by atoms with Crippen molar-refractivity contribution in [2.24, 2.45) is 0 Å². The Bertz CT molecular complexity index is 974. The van der Waals surface area contributed by atoms with Crippen LogP contribution in [0, 0.1) is 0 Å². The first-order valence-corrected chi connectivity index (χ1v) is 9.89. The number of benzene rings is 2. The summed E-state index contributed by atoms with van der Waals surface area (Å²) in [5, 5.41) is 7.12. The van der Waals surface area contributed by atoms with Crippen LogP contribution < -0.4 is 15.0 Å². The molecule has 1 N–H and O–H groups in total. The van der Waals surface area contributed by atoms with Gasteiger partial charge in [0.1, 0.15) is 18.4 Å². The number of amides is 2. The number of hydrogen-bond acceptors (Lipinski definition) is 5. The summed E-state index contributed by atoms with van der Waals surface area (Å²) in [5.41, 5.74) is 1.83. The summed E-state index contributed by atoms with van der Waals surface area (Å²) in [7, 11) is 0. The van der Waals surface area contributed by atoms with E-state index in [1.165, 1.54) is 6.33 Å². The Kier molecular flexibility index (Phi) is 6.03. The number of nitrogens with zero attached hydrogens (tertiary/aromatic N) is 4. The number of anilines is 1. The standard InChI is InChI=1S/C22H23N5O3/c28-21(14-30-19-10-8-18(9-11-19)27-12-4-7-22(27)29)25-20(13-26-16-23-15-24-26)17-5-2-1-3-6-17/h1-3,5-6,8-11,15-16,20H,4,7,12-14H2,(H,25,28). The molecule has 1 unspecified atom stereocenters. The van der Waals surface area contributed by atoms with Crippen molar-refractivity contribution in [3.63, 3.8) is 0 Å². The molecule has 0 aliphatic carbocycles. The highest BCUT2D eigenvalue weighted by Crippen LogP contribution is 2.24. The zero-order valence-corrected chi connectivity index (χ0v) is 16.5. The van der Waals surface area contributed by atoms with Crippen molar-refractivity contribution in [3.05, 3.63) is 72.8 Å². The second-order valence-corrected chi connectivity index (χ2v) is 7.08. The summed E-state index contributed by atoms with van der Waals surface area (Å²) in [5.74, 6) is 0.484. The molecule has 2 aromatic carbocycles. The zero-order valence-electron chi connectivity index (χ0n) is 16.5. The topological polar surface area (TPSA) is 89.4 Å². The van der Waals surface area contributed by atoms with Gasteiger partial charge in [-0.2, -0.15) is 5.10 Å². The lowest BCUT2D eigenvalue weighted by atomic mass is 10.1. The fraction of sp³-hybridized carbons (Fsp3) is 0.273. The van der Waals surface area contributed by atoms with Crippen molar-refractivity contribution >= 4 is 17.5 Å². The van der Waals surface area contributed by atoms with Gasteiger partial charge in [-0.1, -0.05) is 30.3 Å². The Morgan fingerprint density at radius 1 is 1.13 bits per heavy atom. The normalized spacial score (nSPS) is 14.5. The second kappa shape index (κ2) is 9.21. The summed E-state index contributed by atoms with van der Waals surface area (Å²) < 4.78 is 7.31. The molecule has 4 rings (SSSR count). The molecular formula is C22H23N5O3. The summed E-state index contributed by atoms with van der Waals surface area (Å²) >= 11 is 0. The van der Waals surface area contributed by atoms with Crippen molar-refractivity contribution in [3.8, 4) is 5.75 Å². The molecule has 8 heteroatoms. The Hall–Kier alpha value is -3.68. The number of hydrogen-bond donors (Lipinski definition) is 1. The van der Waals surface area contributed by atoms with Crippen LogP contribution in [0.25, 0.3) is 0 Å². The number of ether oxygens (including phenoxy) is 1. The number of carbonyl (C=O) groups excluding carboxylic acids is 2. The third-order valence-electron chi connectivity index (χ3n) is 4.97. The van der Waals surface area contributed by atoms with E-state index in [1.54, 1.807) is 28.0 Å². The van der Waals surface area contributed by atoms with Crippen LogP contribution in [-0.2, 0) is 16.1 Å².